The molecule has 0 fully saturated rings. The van der Waals surface area contributed by atoms with Crippen LogP contribution < -0.4 is 10.6 Å². The second-order valence-corrected chi connectivity index (χ2v) is 6.77. The average molecular weight is 385 g/mol. The number of halogens is 4. The first-order valence-corrected chi connectivity index (χ1v) is 8.47. The molecule has 0 aliphatic rings. The number of hydrogen-bond donors (Lipinski definition) is 2. The summed E-state index contributed by atoms with van der Waals surface area (Å²) in [5.74, 6) is -0.400. The first-order chi connectivity index (χ1) is 12.1. The molecule has 2 aromatic rings. The van der Waals surface area contributed by atoms with Crippen LogP contribution in [-0.4, -0.2) is 11.9 Å². The van der Waals surface area contributed by atoms with E-state index in [4.69, 9.17) is 11.6 Å². The Kier molecular flexibility index (Phi) is 6.18. The number of rotatable bonds is 5. The van der Waals surface area contributed by atoms with Gasteiger partial charge in [0.1, 0.15) is 6.04 Å². The number of hydrogen-bond acceptors (Lipinski definition) is 2. The van der Waals surface area contributed by atoms with Crippen LogP contribution in [0.15, 0.2) is 42.5 Å². The van der Waals surface area contributed by atoms with Crippen molar-refractivity contribution in [3.8, 4) is 0 Å². The van der Waals surface area contributed by atoms with Gasteiger partial charge in [-0.25, -0.2) is 0 Å². The summed E-state index contributed by atoms with van der Waals surface area (Å²) in [5, 5.41) is 5.71. The lowest BCUT2D eigenvalue weighted by atomic mass is 10.0. The highest BCUT2D eigenvalue weighted by atomic mass is 35.5. The zero-order chi connectivity index (χ0) is 19.5. The summed E-state index contributed by atoms with van der Waals surface area (Å²) in [4.78, 5) is 12.7. The van der Waals surface area contributed by atoms with Gasteiger partial charge in [0.25, 0.3) is 0 Å². The van der Waals surface area contributed by atoms with Crippen LogP contribution in [0.4, 0.5) is 24.5 Å². The zero-order valence-corrected chi connectivity index (χ0v) is 15.4. The number of nitrogens with one attached hydrogen (secondary N) is 2. The Morgan fingerprint density at radius 1 is 1.08 bits per heavy atom. The Morgan fingerprint density at radius 2 is 1.73 bits per heavy atom. The van der Waals surface area contributed by atoms with Crippen LogP contribution in [0, 0.1) is 12.8 Å². The number of benzene rings is 2. The van der Waals surface area contributed by atoms with Crippen LogP contribution in [0.1, 0.15) is 25.0 Å². The molecular weight excluding hydrogens is 365 g/mol. The summed E-state index contributed by atoms with van der Waals surface area (Å²) in [6.07, 6.45) is -4.47. The summed E-state index contributed by atoms with van der Waals surface area (Å²) >= 11 is 5.98. The zero-order valence-electron chi connectivity index (χ0n) is 14.6. The van der Waals surface area contributed by atoms with Crippen LogP contribution in [0.5, 0.6) is 0 Å². The van der Waals surface area contributed by atoms with Crippen LogP contribution in [0.3, 0.4) is 0 Å². The molecule has 0 radical (unpaired) electrons. The largest absolute Gasteiger partial charge is 0.416 e. The molecule has 0 aliphatic carbocycles. The maximum Gasteiger partial charge on any atom is 0.416 e. The van der Waals surface area contributed by atoms with E-state index in [9.17, 15) is 18.0 Å². The fourth-order valence-electron chi connectivity index (χ4n) is 2.43. The highest BCUT2D eigenvalue weighted by molar-refractivity contribution is 6.33. The molecule has 0 bridgehead atoms. The molecule has 0 aromatic heterocycles. The molecule has 2 rings (SSSR count). The standard InChI is InChI=1S/C19H20ClF3N2O/c1-11(2)17(18(26)25-15-7-5-4-6-12(15)3)24-16-9-8-13(10-14(16)20)19(21,22)23/h4-11,17,24H,1-3H3,(H,25,26)/t17-/m0/s1. The van der Waals surface area contributed by atoms with Crippen molar-refractivity contribution < 1.29 is 18.0 Å². The van der Waals surface area contributed by atoms with Gasteiger partial charge in [-0.2, -0.15) is 13.2 Å². The number of carbonyl (C=O) groups is 1. The van der Waals surface area contributed by atoms with Gasteiger partial charge in [0.15, 0.2) is 0 Å². The van der Waals surface area contributed by atoms with Gasteiger partial charge < -0.3 is 10.6 Å². The number of amides is 1. The number of aryl methyl sites for hydroxylation is 1. The topological polar surface area (TPSA) is 41.1 Å². The van der Waals surface area contributed by atoms with Crippen molar-refractivity contribution in [2.45, 2.75) is 33.0 Å². The van der Waals surface area contributed by atoms with Crippen LogP contribution in [0.25, 0.3) is 0 Å². The molecule has 140 valence electrons. The van der Waals surface area contributed by atoms with E-state index in [1.54, 1.807) is 6.07 Å². The van der Waals surface area contributed by atoms with E-state index in [-0.39, 0.29) is 22.5 Å². The maximum absolute atomic E-state index is 12.8. The van der Waals surface area contributed by atoms with Crippen LogP contribution in [0.2, 0.25) is 5.02 Å². The second-order valence-electron chi connectivity index (χ2n) is 6.36. The molecule has 0 saturated carbocycles. The minimum absolute atomic E-state index is 0.0887. The lowest BCUT2D eigenvalue weighted by molar-refractivity contribution is -0.137. The van der Waals surface area contributed by atoms with Gasteiger partial charge in [-0.1, -0.05) is 43.6 Å². The minimum atomic E-state index is -4.47. The van der Waals surface area contributed by atoms with E-state index >= 15 is 0 Å². The molecule has 2 N–H and O–H groups in total. The van der Waals surface area contributed by atoms with Crippen molar-refractivity contribution in [2.24, 2.45) is 5.92 Å². The third kappa shape index (κ3) is 4.91. The number of anilines is 2. The number of carbonyl (C=O) groups excluding carboxylic acids is 1. The summed E-state index contributed by atoms with van der Waals surface area (Å²) in [6.45, 7) is 5.56. The summed E-state index contributed by atoms with van der Waals surface area (Å²) in [5.41, 5.74) is 1.04. The first-order valence-electron chi connectivity index (χ1n) is 8.09. The highest BCUT2D eigenvalue weighted by Crippen LogP contribution is 2.34. The van der Waals surface area contributed by atoms with Crippen molar-refractivity contribution in [2.75, 3.05) is 10.6 Å². The van der Waals surface area contributed by atoms with Gasteiger partial charge in [0.05, 0.1) is 16.3 Å². The molecule has 2 aromatic carbocycles. The van der Waals surface area contributed by atoms with E-state index in [2.05, 4.69) is 10.6 Å². The van der Waals surface area contributed by atoms with Gasteiger partial charge in [-0.3, -0.25) is 4.79 Å². The normalized spacial score (nSPS) is 12.8. The fourth-order valence-corrected chi connectivity index (χ4v) is 2.67. The van der Waals surface area contributed by atoms with Crippen molar-refractivity contribution >= 4 is 28.9 Å². The van der Waals surface area contributed by atoms with E-state index in [1.165, 1.54) is 6.07 Å². The second kappa shape index (κ2) is 7.99. The molecule has 3 nitrogen and oxygen atoms in total. The van der Waals surface area contributed by atoms with Gasteiger partial charge in [0, 0.05) is 5.69 Å². The molecule has 0 aliphatic heterocycles. The molecule has 7 heteroatoms. The molecule has 1 amide bonds. The predicted octanol–water partition coefficient (Wildman–Crippen LogP) is 5.74. The predicted molar refractivity (Wildman–Crippen MR) is 98.5 cm³/mol. The van der Waals surface area contributed by atoms with Gasteiger partial charge in [-0.15, -0.1) is 0 Å². The summed E-state index contributed by atoms with van der Waals surface area (Å²) < 4.78 is 38.3. The van der Waals surface area contributed by atoms with Gasteiger partial charge in [-0.05, 0) is 42.7 Å². The van der Waals surface area contributed by atoms with Gasteiger partial charge in [0.2, 0.25) is 5.91 Å². The Balaban J connectivity index is 2.20. The third-order valence-corrected chi connectivity index (χ3v) is 4.27. The molecule has 0 heterocycles. The lowest BCUT2D eigenvalue weighted by Crippen LogP contribution is -2.39. The van der Waals surface area contributed by atoms with E-state index in [1.807, 2.05) is 39.0 Å². The highest BCUT2D eigenvalue weighted by Gasteiger charge is 2.31. The summed E-state index contributed by atoms with van der Waals surface area (Å²) in [6, 6.07) is 9.70. The quantitative estimate of drug-likeness (QED) is 0.689. The monoisotopic (exact) mass is 384 g/mol. The number of para-hydroxylation sites is 1. The molecule has 0 unspecified atom stereocenters. The Morgan fingerprint density at radius 3 is 2.27 bits per heavy atom. The molecular formula is C19H20ClF3N2O. The molecule has 0 spiro atoms. The Hall–Kier alpha value is -2.21. The SMILES string of the molecule is Cc1ccccc1NC(=O)[C@@H](Nc1ccc(C(F)(F)F)cc1Cl)C(C)C. The molecule has 0 saturated heterocycles. The summed E-state index contributed by atoms with van der Waals surface area (Å²) in [7, 11) is 0. The first kappa shape index (κ1) is 20.1. The average Bonchev–Trinajstić information content (AvgIpc) is 2.54. The van der Waals surface area contributed by atoms with Gasteiger partial charge >= 0.3 is 6.18 Å². The minimum Gasteiger partial charge on any atom is -0.372 e. The van der Waals surface area contributed by atoms with Crippen molar-refractivity contribution in [3.05, 3.63) is 58.6 Å². The van der Waals surface area contributed by atoms with Crippen molar-refractivity contribution in [1.82, 2.24) is 0 Å². The van der Waals surface area contributed by atoms with E-state index in [0.717, 1.165) is 17.7 Å². The third-order valence-electron chi connectivity index (χ3n) is 3.96. The Bertz CT molecular complexity index is 791. The van der Waals surface area contributed by atoms with Crippen LogP contribution in [-0.2, 0) is 11.0 Å². The Labute approximate surface area is 155 Å². The van der Waals surface area contributed by atoms with Crippen molar-refractivity contribution in [3.63, 3.8) is 0 Å². The molecule has 1 atom stereocenters. The van der Waals surface area contributed by atoms with E-state index < -0.39 is 17.8 Å². The smallest absolute Gasteiger partial charge is 0.372 e. The fraction of sp³-hybridized carbons (Fsp3) is 0.316. The molecule has 26 heavy (non-hydrogen) atoms. The lowest BCUT2D eigenvalue weighted by Gasteiger charge is -2.24. The van der Waals surface area contributed by atoms with E-state index in [0.29, 0.717) is 5.69 Å². The van der Waals surface area contributed by atoms with Crippen LogP contribution >= 0.6 is 11.6 Å². The van der Waals surface area contributed by atoms with Crippen molar-refractivity contribution in [1.29, 1.82) is 0 Å². The maximum atomic E-state index is 12.8. The number of alkyl halides is 3.